The van der Waals surface area contributed by atoms with E-state index in [1.54, 1.807) is 24.3 Å². The number of nitrogens with zero attached hydrogens (tertiary/aromatic N) is 1. The predicted molar refractivity (Wildman–Crippen MR) is 108 cm³/mol. The molecule has 0 saturated carbocycles. The minimum absolute atomic E-state index is 0.102. The van der Waals surface area contributed by atoms with Crippen LogP contribution < -0.4 is 15.8 Å². The highest BCUT2D eigenvalue weighted by atomic mass is 35.5. The van der Waals surface area contributed by atoms with E-state index in [4.69, 9.17) is 22.1 Å². The lowest BCUT2D eigenvalue weighted by Gasteiger charge is -2.29. The minimum atomic E-state index is -0.509. The molecule has 1 aliphatic rings. The number of benzene rings is 2. The van der Waals surface area contributed by atoms with Crippen molar-refractivity contribution >= 4 is 17.5 Å². The summed E-state index contributed by atoms with van der Waals surface area (Å²) in [5.41, 5.74) is 6.70. The molecule has 0 radical (unpaired) electrons. The van der Waals surface area contributed by atoms with Gasteiger partial charge in [0, 0.05) is 23.7 Å². The number of nitrogens with two attached hydrogens (primary N) is 1. The van der Waals surface area contributed by atoms with Crippen LogP contribution in [0.4, 0.5) is 4.39 Å². The normalized spacial score (nSPS) is 15.5. The molecule has 0 spiro atoms. The summed E-state index contributed by atoms with van der Waals surface area (Å²) >= 11 is 6.33. The fourth-order valence-electron chi connectivity index (χ4n) is 3.51. The van der Waals surface area contributed by atoms with Gasteiger partial charge in [-0.05, 0) is 55.8 Å². The predicted octanol–water partition coefficient (Wildman–Crippen LogP) is 3.27. The van der Waals surface area contributed by atoms with Crippen LogP contribution in [0.3, 0.4) is 0 Å². The number of ether oxygens (including phenoxy) is 1. The molecule has 1 saturated heterocycles. The van der Waals surface area contributed by atoms with Gasteiger partial charge in [-0.1, -0.05) is 29.8 Å². The molecule has 28 heavy (non-hydrogen) atoms. The van der Waals surface area contributed by atoms with Gasteiger partial charge in [0.1, 0.15) is 11.6 Å². The van der Waals surface area contributed by atoms with Crippen LogP contribution in [-0.4, -0.2) is 37.0 Å². The smallest absolute Gasteiger partial charge is 0.255 e. The number of amides is 1. The lowest BCUT2D eigenvalue weighted by atomic mass is 10.0. The fraction of sp³-hybridized carbons (Fsp3) is 0.381. The maximum Gasteiger partial charge on any atom is 0.255 e. The number of hydrogen-bond donors (Lipinski definition) is 2. The molecular weight excluding hydrogens is 381 g/mol. The maximum atomic E-state index is 14.5. The average molecular weight is 406 g/mol. The highest BCUT2D eigenvalue weighted by molar-refractivity contribution is 6.31. The van der Waals surface area contributed by atoms with Crippen molar-refractivity contribution in [2.45, 2.75) is 25.4 Å². The van der Waals surface area contributed by atoms with Gasteiger partial charge in [0.05, 0.1) is 6.04 Å². The van der Waals surface area contributed by atoms with Crippen LogP contribution >= 0.6 is 11.6 Å². The SMILES string of the molecule is NC(=O)COc1ccc(CNCC(c2c(F)cccc2Cl)N2CCCC2)cc1. The summed E-state index contributed by atoms with van der Waals surface area (Å²) in [7, 11) is 0. The summed E-state index contributed by atoms with van der Waals surface area (Å²) in [6.45, 7) is 2.98. The molecule has 1 amide bonds. The molecule has 1 atom stereocenters. The lowest BCUT2D eigenvalue weighted by molar-refractivity contribution is -0.119. The van der Waals surface area contributed by atoms with Crippen LogP contribution in [0.1, 0.15) is 30.0 Å². The molecule has 7 heteroatoms. The molecule has 2 aromatic rings. The first-order valence-corrected chi connectivity index (χ1v) is 9.81. The first-order valence-electron chi connectivity index (χ1n) is 9.43. The number of nitrogens with one attached hydrogen (secondary N) is 1. The first kappa shape index (κ1) is 20.6. The second-order valence-electron chi connectivity index (χ2n) is 6.92. The Bertz CT molecular complexity index is 774. The Labute approximate surface area is 169 Å². The second kappa shape index (κ2) is 9.87. The Balaban J connectivity index is 1.62. The number of carbonyl (C=O) groups is 1. The van der Waals surface area contributed by atoms with Crippen molar-refractivity contribution in [1.82, 2.24) is 10.2 Å². The third-order valence-corrected chi connectivity index (χ3v) is 5.22. The largest absolute Gasteiger partial charge is 0.484 e. The van der Waals surface area contributed by atoms with Crippen molar-refractivity contribution in [2.75, 3.05) is 26.2 Å². The molecule has 1 heterocycles. The van der Waals surface area contributed by atoms with E-state index in [2.05, 4.69) is 10.2 Å². The quantitative estimate of drug-likeness (QED) is 0.672. The van der Waals surface area contributed by atoms with Gasteiger partial charge in [0.2, 0.25) is 0 Å². The van der Waals surface area contributed by atoms with E-state index in [1.165, 1.54) is 6.07 Å². The van der Waals surface area contributed by atoms with E-state index in [9.17, 15) is 9.18 Å². The standard InChI is InChI=1S/C21H25ClFN3O2/c22-17-4-3-5-18(23)21(17)19(26-10-1-2-11-26)13-25-12-15-6-8-16(9-7-15)28-14-20(24)27/h3-9,19,25H,1-2,10-14H2,(H2,24,27). The molecule has 3 N–H and O–H groups in total. The van der Waals surface area contributed by atoms with Crippen molar-refractivity contribution < 1.29 is 13.9 Å². The van der Waals surface area contributed by atoms with Gasteiger partial charge < -0.3 is 15.8 Å². The Morgan fingerprint density at radius 3 is 2.57 bits per heavy atom. The van der Waals surface area contributed by atoms with Crippen LogP contribution in [0.2, 0.25) is 5.02 Å². The van der Waals surface area contributed by atoms with E-state index >= 15 is 0 Å². The Morgan fingerprint density at radius 2 is 1.93 bits per heavy atom. The van der Waals surface area contributed by atoms with Crippen molar-refractivity contribution in [2.24, 2.45) is 5.73 Å². The number of hydrogen-bond acceptors (Lipinski definition) is 4. The molecule has 1 unspecified atom stereocenters. The monoisotopic (exact) mass is 405 g/mol. The summed E-state index contributed by atoms with van der Waals surface area (Å²) in [4.78, 5) is 13.1. The van der Waals surface area contributed by atoms with E-state index in [0.717, 1.165) is 31.5 Å². The molecular formula is C21H25ClFN3O2. The molecule has 0 aliphatic carbocycles. The number of likely N-dealkylation sites (tertiary alicyclic amines) is 1. The molecule has 2 aromatic carbocycles. The van der Waals surface area contributed by atoms with Crippen LogP contribution in [0, 0.1) is 5.82 Å². The average Bonchev–Trinajstić information content (AvgIpc) is 3.20. The molecule has 0 bridgehead atoms. The van der Waals surface area contributed by atoms with Crippen molar-refractivity contribution in [3.8, 4) is 5.75 Å². The van der Waals surface area contributed by atoms with Gasteiger partial charge >= 0.3 is 0 Å². The zero-order valence-corrected chi connectivity index (χ0v) is 16.4. The van der Waals surface area contributed by atoms with E-state index < -0.39 is 5.91 Å². The van der Waals surface area contributed by atoms with Crippen LogP contribution in [0.25, 0.3) is 0 Å². The number of halogens is 2. The van der Waals surface area contributed by atoms with Crippen molar-refractivity contribution in [1.29, 1.82) is 0 Å². The van der Waals surface area contributed by atoms with E-state index in [0.29, 0.717) is 29.4 Å². The van der Waals surface area contributed by atoms with Gasteiger partial charge in [0.25, 0.3) is 5.91 Å². The van der Waals surface area contributed by atoms with Crippen molar-refractivity contribution in [3.05, 3.63) is 64.4 Å². The van der Waals surface area contributed by atoms with Crippen molar-refractivity contribution in [3.63, 3.8) is 0 Å². The fourth-order valence-corrected chi connectivity index (χ4v) is 3.80. The summed E-state index contributed by atoms with van der Waals surface area (Å²) in [5.74, 6) is -0.178. The Hall–Kier alpha value is -2.15. The van der Waals surface area contributed by atoms with E-state index in [1.807, 2.05) is 12.1 Å². The molecule has 3 rings (SSSR count). The Kier molecular flexibility index (Phi) is 7.25. The molecule has 150 valence electrons. The highest BCUT2D eigenvalue weighted by Crippen LogP contribution is 2.32. The third kappa shape index (κ3) is 5.44. The number of carbonyl (C=O) groups excluding carboxylic acids is 1. The van der Waals surface area contributed by atoms with Gasteiger partial charge in [-0.25, -0.2) is 4.39 Å². The molecule has 1 fully saturated rings. The topological polar surface area (TPSA) is 67.6 Å². The summed E-state index contributed by atoms with van der Waals surface area (Å²) < 4.78 is 19.8. The third-order valence-electron chi connectivity index (χ3n) is 4.89. The number of primary amides is 1. The summed E-state index contributed by atoms with van der Waals surface area (Å²) in [5, 5.41) is 3.89. The van der Waals surface area contributed by atoms with Crippen LogP contribution in [0.15, 0.2) is 42.5 Å². The lowest BCUT2D eigenvalue weighted by Crippen LogP contribution is -2.34. The number of rotatable bonds is 9. The summed E-state index contributed by atoms with van der Waals surface area (Å²) in [6.07, 6.45) is 2.24. The van der Waals surface area contributed by atoms with Gasteiger partial charge in [-0.15, -0.1) is 0 Å². The molecule has 0 aromatic heterocycles. The zero-order chi connectivity index (χ0) is 19.9. The van der Waals surface area contributed by atoms with Crippen LogP contribution in [0.5, 0.6) is 5.75 Å². The Morgan fingerprint density at radius 1 is 1.21 bits per heavy atom. The first-order chi connectivity index (χ1) is 13.5. The van der Waals surface area contributed by atoms with Gasteiger partial charge in [-0.3, -0.25) is 9.69 Å². The molecule has 1 aliphatic heterocycles. The highest BCUT2D eigenvalue weighted by Gasteiger charge is 2.27. The molecule has 5 nitrogen and oxygen atoms in total. The second-order valence-corrected chi connectivity index (χ2v) is 7.33. The van der Waals surface area contributed by atoms with Crippen LogP contribution in [-0.2, 0) is 11.3 Å². The van der Waals surface area contributed by atoms with Gasteiger partial charge in [0.15, 0.2) is 6.61 Å². The summed E-state index contributed by atoms with van der Waals surface area (Å²) in [6, 6.07) is 12.2. The maximum absolute atomic E-state index is 14.5. The minimum Gasteiger partial charge on any atom is -0.484 e. The van der Waals surface area contributed by atoms with Gasteiger partial charge in [-0.2, -0.15) is 0 Å². The zero-order valence-electron chi connectivity index (χ0n) is 15.7. The van der Waals surface area contributed by atoms with E-state index in [-0.39, 0.29) is 18.5 Å².